The van der Waals surface area contributed by atoms with Crippen LogP contribution in [0.25, 0.3) is 10.7 Å². The van der Waals surface area contributed by atoms with Crippen LogP contribution in [-0.4, -0.2) is 33.2 Å². The summed E-state index contributed by atoms with van der Waals surface area (Å²) in [7, 11) is 0. The van der Waals surface area contributed by atoms with Crippen molar-refractivity contribution in [2.24, 2.45) is 0 Å². The van der Waals surface area contributed by atoms with E-state index in [1.165, 1.54) is 12.0 Å². The van der Waals surface area contributed by atoms with Gasteiger partial charge in [0.1, 0.15) is 0 Å². The van der Waals surface area contributed by atoms with Crippen molar-refractivity contribution in [3.8, 4) is 10.7 Å². The summed E-state index contributed by atoms with van der Waals surface area (Å²) >= 11 is 3.45. The maximum atomic E-state index is 5.74. The molecule has 124 valence electrons. The summed E-state index contributed by atoms with van der Waals surface area (Å²) in [4.78, 5) is 1.15. The first-order valence-electron chi connectivity index (χ1n) is 8.15. The van der Waals surface area contributed by atoms with Gasteiger partial charge in [-0.3, -0.25) is 4.57 Å². The van der Waals surface area contributed by atoms with Crippen LogP contribution in [0.5, 0.6) is 0 Å². The Morgan fingerprint density at radius 3 is 2.83 bits per heavy atom. The van der Waals surface area contributed by atoms with Gasteiger partial charge in [-0.05, 0) is 29.9 Å². The van der Waals surface area contributed by atoms with Gasteiger partial charge < -0.3 is 4.74 Å². The van der Waals surface area contributed by atoms with Crippen LogP contribution in [0.3, 0.4) is 0 Å². The Balaban J connectivity index is 1.60. The Morgan fingerprint density at radius 1 is 1.17 bits per heavy atom. The standard InChI is InChI=1S/C18H19N3OS2/c1-2-6-14(7-3-1)12-21-17(16-9-5-11-23-16)19-20-18(21)24-13-15-8-4-10-22-15/h1-3,5-7,9,11,15H,4,8,10,12-13H2. The van der Waals surface area contributed by atoms with Crippen molar-refractivity contribution in [3.05, 3.63) is 53.4 Å². The molecule has 0 aliphatic carbocycles. The summed E-state index contributed by atoms with van der Waals surface area (Å²) < 4.78 is 7.96. The Labute approximate surface area is 149 Å². The molecule has 0 N–H and O–H groups in total. The van der Waals surface area contributed by atoms with Crippen molar-refractivity contribution in [2.45, 2.75) is 30.6 Å². The van der Waals surface area contributed by atoms with Crippen LogP contribution in [0, 0.1) is 0 Å². The summed E-state index contributed by atoms with van der Waals surface area (Å²) in [5.74, 6) is 1.89. The second-order valence-electron chi connectivity index (χ2n) is 5.80. The normalized spacial score (nSPS) is 17.4. The van der Waals surface area contributed by atoms with Gasteiger partial charge in [0.25, 0.3) is 0 Å². The average Bonchev–Trinajstić information content (AvgIpc) is 3.36. The number of benzene rings is 1. The third-order valence-electron chi connectivity index (χ3n) is 4.06. The van der Waals surface area contributed by atoms with E-state index >= 15 is 0 Å². The minimum Gasteiger partial charge on any atom is -0.377 e. The molecular formula is C18H19N3OS2. The number of rotatable bonds is 6. The van der Waals surface area contributed by atoms with E-state index in [4.69, 9.17) is 4.74 Å². The lowest BCUT2D eigenvalue weighted by Gasteiger charge is -2.11. The van der Waals surface area contributed by atoms with E-state index in [-0.39, 0.29) is 0 Å². The molecular weight excluding hydrogens is 338 g/mol. The van der Waals surface area contributed by atoms with Gasteiger partial charge in [0, 0.05) is 12.4 Å². The highest BCUT2D eigenvalue weighted by atomic mass is 32.2. The van der Waals surface area contributed by atoms with Crippen LogP contribution in [0.4, 0.5) is 0 Å². The van der Waals surface area contributed by atoms with Crippen LogP contribution in [0.15, 0.2) is 53.0 Å². The first-order valence-corrected chi connectivity index (χ1v) is 10.0. The predicted octanol–water partition coefficient (Wildman–Crippen LogP) is 4.33. The van der Waals surface area contributed by atoms with Gasteiger partial charge in [0.05, 0.1) is 17.5 Å². The molecule has 2 aromatic heterocycles. The molecule has 4 rings (SSSR count). The number of aromatic nitrogens is 3. The monoisotopic (exact) mass is 357 g/mol. The highest BCUT2D eigenvalue weighted by Gasteiger charge is 2.20. The van der Waals surface area contributed by atoms with Crippen LogP contribution < -0.4 is 0 Å². The average molecular weight is 358 g/mol. The van der Waals surface area contributed by atoms with E-state index in [2.05, 4.69) is 56.5 Å². The Bertz CT molecular complexity index is 765. The molecule has 1 unspecified atom stereocenters. The number of hydrogen-bond donors (Lipinski definition) is 0. The third kappa shape index (κ3) is 3.55. The largest absolute Gasteiger partial charge is 0.377 e. The van der Waals surface area contributed by atoms with Gasteiger partial charge in [-0.25, -0.2) is 0 Å². The molecule has 0 saturated carbocycles. The molecule has 1 saturated heterocycles. The van der Waals surface area contributed by atoms with Crippen LogP contribution >= 0.6 is 23.1 Å². The molecule has 3 heterocycles. The molecule has 0 amide bonds. The fourth-order valence-corrected chi connectivity index (χ4v) is 4.56. The predicted molar refractivity (Wildman–Crippen MR) is 98.6 cm³/mol. The molecule has 24 heavy (non-hydrogen) atoms. The van der Waals surface area contributed by atoms with Gasteiger partial charge in [0.15, 0.2) is 11.0 Å². The van der Waals surface area contributed by atoms with E-state index < -0.39 is 0 Å². The minimum atomic E-state index is 0.349. The van der Waals surface area contributed by atoms with E-state index in [0.717, 1.165) is 41.2 Å². The molecule has 0 spiro atoms. The summed E-state index contributed by atoms with van der Waals surface area (Å²) in [6.45, 7) is 1.68. The van der Waals surface area contributed by atoms with Crippen molar-refractivity contribution in [3.63, 3.8) is 0 Å². The number of thioether (sulfide) groups is 1. The van der Waals surface area contributed by atoms with Gasteiger partial charge in [-0.15, -0.1) is 21.5 Å². The Morgan fingerprint density at radius 2 is 2.08 bits per heavy atom. The van der Waals surface area contributed by atoms with Crippen molar-refractivity contribution in [1.29, 1.82) is 0 Å². The SMILES string of the molecule is c1ccc(Cn2c(SCC3CCCO3)nnc2-c2cccs2)cc1. The topological polar surface area (TPSA) is 39.9 Å². The van der Waals surface area contributed by atoms with Gasteiger partial charge in [0.2, 0.25) is 0 Å². The fraction of sp³-hybridized carbons (Fsp3) is 0.333. The lowest BCUT2D eigenvalue weighted by Crippen LogP contribution is -2.10. The van der Waals surface area contributed by atoms with E-state index in [1.54, 1.807) is 23.1 Å². The lowest BCUT2D eigenvalue weighted by molar-refractivity contribution is 0.129. The molecule has 1 aliphatic heterocycles. The van der Waals surface area contributed by atoms with Crippen molar-refractivity contribution < 1.29 is 4.74 Å². The van der Waals surface area contributed by atoms with Crippen LogP contribution in [-0.2, 0) is 11.3 Å². The zero-order valence-corrected chi connectivity index (χ0v) is 14.9. The highest BCUT2D eigenvalue weighted by Crippen LogP contribution is 2.29. The molecule has 3 aromatic rings. The molecule has 4 nitrogen and oxygen atoms in total. The summed E-state index contributed by atoms with van der Waals surface area (Å²) in [5.41, 5.74) is 1.26. The number of hydrogen-bond acceptors (Lipinski definition) is 5. The first kappa shape index (κ1) is 15.9. The highest BCUT2D eigenvalue weighted by molar-refractivity contribution is 7.99. The van der Waals surface area contributed by atoms with Gasteiger partial charge in [-0.1, -0.05) is 48.2 Å². The number of ether oxygens (including phenoxy) is 1. The lowest BCUT2D eigenvalue weighted by atomic mass is 10.2. The molecule has 1 fully saturated rings. The van der Waals surface area contributed by atoms with Crippen LogP contribution in [0.2, 0.25) is 0 Å². The number of thiophene rings is 1. The summed E-state index contributed by atoms with van der Waals surface area (Å²) in [5, 5.41) is 12.0. The zero-order valence-electron chi connectivity index (χ0n) is 13.3. The maximum absolute atomic E-state index is 5.74. The zero-order chi connectivity index (χ0) is 16.2. The van der Waals surface area contributed by atoms with Crippen molar-refractivity contribution >= 4 is 23.1 Å². The quantitative estimate of drug-likeness (QED) is 0.616. The summed E-state index contributed by atoms with van der Waals surface area (Å²) in [6, 6.07) is 14.6. The molecule has 1 aromatic carbocycles. The smallest absolute Gasteiger partial charge is 0.191 e. The van der Waals surface area contributed by atoms with Crippen LogP contribution in [0.1, 0.15) is 18.4 Å². The molecule has 1 atom stereocenters. The molecule has 0 radical (unpaired) electrons. The maximum Gasteiger partial charge on any atom is 0.191 e. The van der Waals surface area contributed by atoms with E-state index in [9.17, 15) is 0 Å². The van der Waals surface area contributed by atoms with Crippen molar-refractivity contribution in [1.82, 2.24) is 14.8 Å². The second-order valence-corrected chi connectivity index (χ2v) is 7.74. The Kier molecular flexibility index (Phi) is 4.96. The minimum absolute atomic E-state index is 0.349. The van der Waals surface area contributed by atoms with E-state index in [1.807, 2.05) is 6.07 Å². The molecule has 1 aliphatic rings. The number of nitrogens with zero attached hydrogens (tertiary/aromatic N) is 3. The third-order valence-corrected chi connectivity index (χ3v) is 6.03. The van der Waals surface area contributed by atoms with Gasteiger partial charge >= 0.3 is 0 Å². The first-order chi connectivity index (χ1) is 11.9. The second kappa shape index (κ2) is 7.51. The summed E-state index contributed by atoms with van der Waals surface area (Å²) in [6.07, 6.45) is 2.67. The van der Waals surface area contributed by atoms with E-state index in [0.29, 0.717) is 6.10 Å². The fourth-order valence-electron chi connectivity index (χ4n) is 2.84. The molecule has 0 bridgehead atoms. The van der Waals surface area contributed by atoms with Gasteiger partial charge in [-0.2, -0.15) is 0 Å². The molecule has 6 heteroatoms. The van der Waals surface area contributed by atoms with Crippen molar-refractivity contribution in [2.75, 3.05) is 12.4 Å². The Hall–Kier alpha value is -1.63.